The molecule has 0 saturated heterocycles. The van der Waals surface area contributed by atoms with E-state index in [2.05, 4.69) is 5.32 Å². The molecule has 2 saturated carbocycles. The highest BCUT2D eigenvalue weighted by Gasteiger charge is 2.42. The van der Waals surface area contributed by atoms with E-state index in [9.17, 15) is 4.79 Å². The van der Waals surface area contributed by atoms with Crippen molar-refractivity contribution < 1.29 is 4.79 Å². The number of rotatable bonds is 4. The summed E-state index contributed by atoms with van der Waals surface area (Å²) in [4.78, 5) is 11.8. The van der Waals surface area contributed by atoms with E-state index in [-0.39, 0.29) is 5.91 Å². The lowest BCUT2D eigenvalue weighted by Crippen LogP contribution is -2.34. The fraction of sp³-hybridized carbons (Fsp3) is 0.909. The molecule has 1 amide bonds. The molecular weight excluding hydrogens is 198 g/mol. The Hall–Kier alpha value is -0.240. The van der Waals surface area contributed by atoms with E-state index in [1.165, 1.54) is 19.3 Å². The smallest absolute Gasteiger partial charge is 0.223 e. The van der Waals surface area contributed by atoms with Crippen molar-refractivity contribution in [3.63, 3.8) is 0 Å². The van der Waals surface area contributed by atoms with Crippen molar-refractivity contribution in [3.05, 3.63) is 0 Å². The normalized spacial score (nSPS) is 34.8. The quantitative estimate of drug-likeness (QED) is 0.565. The zero-order valence-electron chi connectivity index (χ0n) is 8.47. The molecule has 0 aromatic carbocycles. The average Bonchev–Trinajstić information content (AvgIpc) is 2.79. The number of hydrogen-bond donors (Lipinski definition) is 1. The van der Waals surface area contributed by atoms with Gasteiger partial charge in [-0.2, -0.15) is 0 Å². The maximum atomic E-state index is 11.8. The molecule has 2 nitrogen and oxygen atoms in total. The predicted octanol–water partition coefficient (Wildman–Crippen LogP) is 2.17. The summed E-state index contributed by atoms with van der Waals surface area (Å²) >= 11 is 5.56. The van der Waals surface area contributed by atoms with Gasteiger partial charge < -0.3 is 5.32 Å². The second kappa shape index (κ2) is 4.52. The number of halogens is 1. The number of hydrogen-bond acceptors (Lipinski definition) is 1. The summed E-state index contributed by atoms with van der Waals surface area (Å²) in [5.41, 5.74) is 0. The largest absolute Gasteiger partial charge is 0.356 e. The lowest BCUT2D eigenvalue weighted by atomic mass is 9.88. The third-order valence-electron chi connectivity index (χ3n) is 3.68. The van der Waals surface area contributed by atoms with Gasteiger partial charge in [0, 0.05) is 18.3 Å². The topological polar surface area (TPSA) is 29.1 Å². The van der Waals surface area contributed by atoms with Gasteiger partial charge in [-0.15, -0.1) is 11.6 Å². The van der Waals surface area contributed by atoms with E-state index < -0.39 is 0 Å². The molecule has 0 aliphatic heterocycles. The minimum Gasteiger partial charge on any atom is -0.356 e. The van der Waals surface area contributed by atoms with Gasteiger partial charge in [0.25, 0.3) is 0 Å². The zero-order chi connectivity index (χ0) is 9.97. The number of nitrogens with one attached hydrogen (secondary N) is 1. The van der Waals surface area contributed by atoms with Gasteiger partial charge in [-0.25, -0.2) is 0 Å². The van der Waals surface area contributed by atoms with Crippen LogP contribution in [-0.2, 0) is 4.79 Å². The lowest BCUT2D eigenvalue weighted by Gasteiger charge is -2.20. The van der Waals surface area contributed by atoms with Crippen LogP contribution in [-0.4, -0.2) is 18.3 Å². The summed E-state index contributed by atoms with van der Waals surface area (Å²) < 4.78 is 0. The standard InChI is InChI=1S/C11H18ClNO/c12-4-1-5-13-11(14)10-7-8-2-3-9(10)6-8/h8-10H,1-7H2,(H,13,14). The molecule has 2 fully saturated rings. The molecule has 14 heavy (non-hydrogen) atoms. The van der Waals surface area contributed by atoms with Crippen LogP contribution in [0.15, 0.2) is 0 Å². The highest BCUT2D eigenvalue weighted by atomic mass is 35.5. The van der Waals surface area contributed by atoms with Crippen molar-refractivity contribution in [1.29, 1.82) is 0 Å². The molecule has 2 aliphatic rings. The van der Waals surface area contributed by atoms with Gasteiger partial charge >= 0.3 is 0 Å². The van der Waals surface area contributed by atoms with Crippen LogP contribution in [0.3, 0.4) is 0 Å². The first-order valence-electron chi connectivity index (χ1n) is 5.65. The number of carbonyl (C=O) groups excluding carboxylic acids is 1. The molecular formula is C11H18ClNO. The first kappa shape index (κ1) is 10.3. The summed E-state index contributed by atoms with van der Waals surface area (Å²) in [6.07, 6.45) is 5.95. The monoisotopic (exact) mass is 215 g/mol. The summed E-state index contributed by atoms with van der Waals surface area (Å²) in [7, 11) is 0. The third kappa shape index (κ3) is 2.05. The average molecular weight is 216 g/mol. The number of carbonyl (C=O) groups is 1. The Labute approximate surface area is 90.4 Å². The second-order valence-corrected chi connectivity index (χ2v) is 4.99. The van der Waals surface area contributed by atoms with Crippen molar-refractivity contribution >= 4 is 17.5 Å². The van der Waals surface area contributed by atoms with Crippen LogP contribution in [0.25, 0.3) is 0 Å². The van der Waals surface area contributed by atoms with E-state index in [0.29, 0.717) is 17.7 Å². The van der Waals surface area contributed by atoms with Crippen molar-refractivity contribution in [2.75, 3.05) is 12.4 Å². The van der Waals surface area contributed by atoms with Crippen molar-refractivity contribution in [2.45, 2.75) is 32.1 Å². The second-order valence-electron chi connectivity index (χ2n) is 4.61. The molecule has 80 valence electrons. The van der Waals surface area contributed by atoms with Crippen LogP contribution >= 0.6 is 11.6 Å². The molecule has 3 atom stereocenters. The van der Waals surface area contributed by atoms with Gasteiger partial charge in [-0.05, 0) is 37.5 Å². The van der Waals surface area contributed by atoms with Gasteiger partial charge in [0.2, 0.25) is 5.91 Å². The molecule has 1 N–H and O–H groups in total. The Balaban J connectivity index is 1.75. The van der Waals surface area contributed by atoms with Gasteiger partial charge in [-0.3, -0.25) is 4.79 Å². The Kier molecular flexibility index (Phi) is 3.32. The Bertz CT molecular complexity index is 219. The first-order chi connectivity index (χ1) is 6.81. The molecule has 3 unspecified atom stereocenters. The van der Waals surface area contributed by atoms with Gasteiger partial charge in [-0.1, -0.05) is 6.42 Å². The highest BCUT2D eigenvalue weighted by molar-refractivity contribution is 6.17. The molecule has 2 rings (SSSR count). The van der Waals surface area contributed by atoms with Crippen molar-refractivity contribution in [2.24, 2.45) is 17.8 Å². The van der Waals surface area contributed by atoms with Crippen LogP contribution < -0.4 is 5.32 Å². The molecule has 0 aromatic heterocycles. The Morgan fingerprint density at radius 2 is 2.21 bits per heavy atom. The summed E-state index contributed by atoms with van der Waals surface area (Å²) in [6.45, 7) is 0.746. The molecule has 3 heteroatoms. The predicted molar refractivity (Wildman–Crippen MR) is 57.3 cm³/mol. The summed E-state index contributed by atoms with van der Waals surface area (Å²) in [6, 6.07) is 0. The van der Waals surface area contributed by atoms with Gasteiger partial charge in [0.15, 0.2) is 0 Å². The fourth-order valence-electron chi connectivity index (χ4n) is 2.98. The van der Waals surface area contributed by atoms with Gasteiger partial charge in [0.1, 0.15) is 0 Å². The van der Waals surface area contributed by atoms with Crippen LogP contribution in [0.4, 0.5) is 0 Å². The SMILES string of the molecule is O=C(NCCCCl)C1CC2CCC1C2. The van der Waals surface area contributed by atoms with E-state index in [0.717, 1.165) is 25.3 Å². The Morgan fingerprint density at radius 1 is 1.36 bits per heavy atom. The lowest BCUT2D eigenvalue weighted by molar-refractivity contribution is -0.126. The zero-order valence-corrected chi connectivity index (χ0v) is 9.22. The minimum atomic E-state index is 0.280. The van der Waals surface area contributed by atoms with Gasteiger partial charge in [0.05, 0.1) is 0 Å². The summed E-state index contributed by atoms with van der Waals surface area (Å²) in [5, 5.41) is 2.99. The van der Waals surface area contributed by atoms with Crippen molar-refractivity contribution in [1.82, 2.24) is 5.32 Å². The van der Waals surface area contributed by atoms with E-state index >= 15 is 0 Å². The summed E-state index contributed by atoms with van der Waals surface area (Å²) in [5.74, 6) is 2.78. The van der Waals surface area contributed by atoms with Crippen LogP contribution in [0.2, 0.25) is 0 Å². The maximum absolute atomic E-state index is 11.8. The third-order valence-corrected chi connectivity index (χ3v) is 3.95. The van der Waals surface area contributed by atoms with Crippen LogP contribution in [0, 0.1) is 17.8 Å². The molecule has 0 spiro atoms. The molecule has 0 aromatic rings. The van der Waals surface area contributed by atoms with Crippen LogP contribution in [0.1, 0.15) is 32.1 Å². The minimum absolute atomic E-state index is 0.280. The molecule has 2 aliphatic carbocycles. The van der Waals surface area contributed by atoms with E-state index in [1.54, 1.807) is 0 Å². The number of fused-ring (bicyclic) bond motifs is 2. The molecule has 0 radical (unpaired) electrons. The Morgan fingerprint density at radius 3 is 2.79 bits per heavy atom. The van der Waals surface area contributed by atoms with E-state index in [4.69, 9.17) is 11.6 Å². The van der Waals surface area contributed by atoms with Crippen LogP contribution in [0.5, 0.6) is 0 Å². The van der Waals surface area contributed by atoms with Crippen molar-refractivity contribution in [3.8, 4) is 0 Å². The van der Waals surface area contributed by atoms with E-state index in [1.807, 2.05) is 0 Å². The maximum Gasteiger partial charge on any atom is 0.223 e. The molecule has 0 heterocycles. The first-order valence-corrected chi connectivity index (χ1v) is 6.18. The highest BCUT2D eigenvalue weighted by Crippen LogP contribution is 2.48. The fourth-order valence-corrected chi connectivity index (χ4v) is 3.11. The number of alkyl halides is 1. The molecule has 2 bridgehead atoms. The number of amides is 1.